The van der Waals surface area contributed by atoms with E-state index in [1.807, 2.05) is 0 Å². The fourth-order valence-electron chi connectivity index (χ4n) is 1.39. The highest BCUT2D eigenvalue weighted by atomic mass is 127. The molecule has 0 aromatic rings. The monoisotopic (exact) mass is 250 g/mol. The van der Waals surface area contributed by atoms with Crippen LogP contribution in [0.1, 0.15) is 33.1 Å². The van der Waals surface area contributed by atoms with Gasteiger partial charge in [-0.1, -0.05) is 47.6 Å². The van der Waals surface area contributed by atoms with Gasteiger partial charge in [0.1, 0.15) is 0 Å². The van der Waals surface area contributed by atoms with Crippen molar-refractivity contribution in [3.8, 4) is 0 Å². The summed E-state index contributed by atoms with van der Waals surface area (Å²) in [6.45, 7) is 4.55. The molecule has 0 fully saturated rings. The molecule has 1 aliphatic carbocycles. The molecule has 0 N–H and O–H groups in total. The van der Waals surface area contributed by atoms with Gasteiger partial charge in [0.05, 0.1) is 0 Å². The first kappa shape index (κ1) is 8.57. The normalized spacial score (nSPS) is 33.7. The Labute approximate surface area is 77.2 Å². The largest absolute Gasteiger partial charge is 0.0843 e. The molecule has 10 heavy (non-hydrogen) atoms. The van der Waals surface area contributed by atoms with E-state index in [-0.39, 0.29) is 0 Å². The van der Waals surface area contributed by atoms with Crippen LogP contribution in [0.25, 0.3) is 0 Å². The molecular weight excluding hydrogens is 235 g/mol. The molecule has 1 heteroatoms. The number of rotatable bonds is 1. The van der Waals surface area contributed by atoms with Gasteiger partial charge < -0.3 is 0 Å². The molecule has 0 saturated heterocycles. The van der Waals surface area contributed by atoms with E-state index < -0.39 is 0 Å². The maximum absolute atomic E-state index is 2.55. The third-order valence-corrected chi connectivity index (χ3v) is 3.88. The van der Waals surface area contributed by atoms with Gasteiger partial charge in [0.15, 0.2) is 0 Å². The van der Waals surface area contributed by atoms with Crippen LogP contribution in [-0.2, 0) is 0 Å². The molecule has 0 heterocycles. The third kappa shape index (κ3) is 1.97. The molecule has 0 radical (unpaired) electrons. The molecule has 0 saturated carbocycles. The molecule has 0 amide bonds. The summed E-state index contributed by atoms with van der Waals surface area (Å²) in [5.74, 6) is 0.964. The van der Waals surface area contributed by atoms with Gasteiger partial charge in [-0.3, -0.25) is 0 Å². The van der Waals surface area contributed by atoms with Gasteiger partial charge in [0.2, 0.25) is 0 Å². The highest BCUT2D eigenvalue weighted by molar-refractivity contribution is 14.1. The molecule has 0 bridgehead atoms. The van der Waals surface area contributed by atoms with Crippen LogP contribution in [0.15, 0.2) is 11.6 Å². The van der Waals surface area contributed by atoms with Crippen LogP contribution in [0.2, 0.25) is 0 Å². The van der Waals surface area contributed by atoms with E-state index >= 15 is 0 Å². The highest BCUT2D eigenvalue weighted by Gasteiger charge is 2.17. The van der Waals surface area contributed by atoms with Crippen molar-refractivity contribution in [2.75, 3.05) is 0 Å². The minimum Gasteiger partial charge on any atom is -0.0843 e. The maximum atomic E-state index is 2.55. The quantitative estimate of drug-likeness (QED) is 0.379. The SMILES string of the molecule is CCC1CC=C(C)[C@@H](I)C1. The average molecular weight is 250 g/mol. The van der Waals surface area contributed by atoms with E-state index in [1.165, 1.54) is 19.3 Å². The van der Waals surface area contributed by atoms with Crippen molar-refractivity contribution < 1.29 is 0 Å². The van der Waals surface area contributed by atoms with Crippen molar-refractivity contribution in [2.45, 2.75) is 37.0 Å². The second-order valence-corrected chi connectivity index (χ2v) is 4.66. The summed E-state index contributed by atoms with van der Waals surface area (Å²) < 4.78 is 0.816. The molecule has 0 nitrogen and oxygen atoms in total. The maximum Gasteiger partial charge on any atom is 0.0318 e. The van der Waals surface area contributed by atoms with Crippen LogP contribution in [0.5, 0.6) is 0 Å². The first-order valence-electron chi connectivity index (χ1n) is 4.04. The summed E-state index contributed by atoms with van der Waals surface area (Å²) in [6, 6.07) is 0. The second-order valence-electron chi connectivity index (χ2n) is 3.16. The Kier molecular flexibility index (Phi) is 3.21. The van der Waals surface area contributed by atoms with E-state index in [1.54, 1.807) is 5.57 Å². The van der Waals surface area contributed by atoms with Crippen LogP contribution >= 0.6 is 22.6 Å². The lowest BCUT2D eigenvalue weighted by Crippen LogP contribution is -2.13. The summed E-state index contributed by atoms with van der Waals surface area (Å²) >= 11 is 2.55. The van der Waals surface area contributed by atoms with Gasteiger partial charge >= 0.3 is 0 Å². The van der Waals surface area contributed by atoms with Gasteiger partial charge in [-0.2, -0.15) is 0 Å². The van der Waals surface area contributed by atoms with Crippen molar-refractivity contribution >= 4 is 22.6 Å². The Hall–Kier alpha value is 0.470. The number of hydrogen-bond acceptors (Lipinski definition) is 0. The van der Waals surface area contributed by atoms with E-state index in [0.717, 1.165) is 9.84 Å². The molecule has 0 spiro atoms. The summed E-state index contributed by atoms with van der Waals surface area (Å²) in [6.07, 6.45) is 6.49. The van der Waals surface area contributed by atoms with Crippen molar-refractivity contribution in [1.82, 2.24) is 0 Å². The van der Waals surface area contributed by atoms with Crippen molar-refractivity contribution in [3.63, 3.8) is 0 Å². The Balaban J connectivity index is 2.51. The van der Waals surface area contributed by atoms with E-state index in [4.69, 9.17) is 0 Å². The zero-order valence-electron chi connectivity index (χ0n) is 6.73. The molecule has 0 aliphatic heterocycles. The third-order valence-electron chi connectivity index (χ3n) is 2.38. The van der Waals surface area contributed by atoms with E-state index in [9.17, 15) is 0 Å². The van der Waals surface area contributed by atoms with Crippen LogP contribution in [0, 0.1) is 5.92 Å². The van der Waals surface area contributed by atoms with Crippen molar-refractivity contribution in [2.24, 2.45) is 5.92 Å². The molecule has 1 rings (SSSR count). The highest BCUT2D eigenvalue weighted by Crippen LogP contribution is 2.30. The number of alkyl halides is 1. The molecular formula is C9H15I. The average Bonchev–Trinajstić information content (AvgIpc) is 1.95. The van der Waals surface area contributed by atoms with Crippen molar-refractivity contribution in [3.05, 3.63) is 11.6 Å². The first-order valence-corrected chi connectivity index (χ1v) is 5.29. The lowest BCUT2D eigenvalue weighted by molar-refractivity contribution is 0.467. The summed E-state index contributed by atoms with van der Waals surface area (Å²) in [5.41, 5.74) is 1.59. The smallest absolute Gasteiger partial charge is 0.0318 e. The molecule has 1 aliphatic rings. The van der Waals surface area contributed by atoms with Gasteiger partial charge in [0, 0.05) is 3.92 Å². The predicted molar refractivity (Wildman–Crippen MR) is 54.6 cm³/mol. The van der Waals surface area contributed by atoms with Gasteiger partial charge in [-0.15, -0.1) is 0 Å². The number of hydrogen-bond donors (Lipinski definition) is 0. The van der Waals surface area contributed by atoms with Crippen LogP contribution in [0.4, 0.5) is 0 Å². The fourth-order valence-corrected chi connectivity index (χ4v) is 2.36. The van der Waals surface area contributed by atoms with Crippen molar-refractivity contribution in [1.29, 1.82) is 0 Å². The molecule has 2 atom stereocenters. The lowest BCUT2D eigenvalue weighted by Gasteiger charge is -2.23. The minimum absolute atomic E-state index is 0.816. The predicted octanol–water partition coefficient (Wildman–Crippen LogP) is 3.56. The van der Waals surface area contributed by atoms with Gasteiger partial charge in [-0.05, 0) is 25.7 Å². The van der Waals surface area contributed by atoms with E-state index in [2.05, 4.69) is 42.5 Å². The van der Waals surface area contributed by atoms with Crippen LogP contribution in [-0.4, -0.2) is 3.92 Å². The zero-order valence-corrected chi connectivity index (χ0v) is 8.89. The van der Waals surface area contributed by atoms with Crippen LogP contribution in [0.3, 0.4) is 0 Å². The zero-order chi connectivity index (χ0) is 7.56. The molecule has 1 unspecified atom stereocenters. The molecule has 0 aromatic carbocycles. The Morgan fingerprint density at radius 3 is 2.90 bits per heavy atom. The molecule has 0 aromatic heterocycles. The topological polar surface area (TPSA) is 0 Å². The number of allylic oxidation sites excluding steroid dienone is 2. The standard InChI is InChI=1S/C9H15I/c1-3-8-5-4-7(2)9(10)6-8/h4,8-9H,3,5-6H2,1-2H3/t8?,9-/m0/s1. The Morgan fingerprint density at radius 2 is 2.40 bits per heavy atom. The Bertz CT molecular complexity index is 138. The second kappa shape index (κ2) is 3.74. The summed E-state index contributed by atoms with van der Waals surface area (Å²) in [5, 5.41) is 0. The minimum atomic E-state index is 0.816. The fraction of sp³-hybridized carbons (Fsp3) is 0.778. The number of halogens is 1. The molecule has 58 valence electrons. The van der Waals surface area contributed by atoms with E-state index in [0.29, 0.717) is 0 Å². The summed E-state index contributed by atoms with van der Waals surface area (Å²) in [7, 11) is 0. The first-order chi connectivity index (χ1) is 4.74. The van der Waals surface area contributed by atoms with Gasteiger partial charge in [0.25, 0.3) is 0 Å². The van der Waals surface area contributed by atoms with Gasteiger partial charge in [-0.25, -0.2) is 0 Å². The lowest BCUT2D eigenvalue weighted by atomic mass is 9.89. The Morgan fingerprint density at radius 1 is 1.70 bits per heavy atom. The van der Waals surface area contributed by atoms with Crippen LogP contribution < -0.4 is 0 Å². The summed E-state index contributed by atoms with van der Waals surface area (Å²) in [4.78, 5) is 0.